The first kappa shape index (κ1) is 12.9. The highest BCUT2D eigenvalue weighted by Crippen LogP contribution is 2.20. The third kappa shape index (κ3) is 4.96. The quantitative estimate of drug-likeness (QED) is 0.751. The highest BCUT2D eigenvalue weighted by atomic mass is 16.5. The second-order valence-corrected chi connectivity index (χ2v) is 4.98. The zero-order chi connectivity index (χ0) is 11.3. The van der Waals surface area contributed by atoms with Gasteiger partial charge in [0.1, 0.15) is 0 Å². The van der Waals surface area contributed by atoms with Crippen molar-refractivity contribution in [1.29, 1.82) is 0 Å². The highest BCUT2D eigenvalue weighted by molar-refractivity contribution is 4.76. The number of β-amino-alcohol motifs (C(OH)–C–C–N with tert-alkyl or cyclic N) is 1. The maximum atomic E-state index is 9.74. The van der Waals surface area contributed by atoms with Gasteiger partial charge in [-0.05, 0) is 25.2 Å². The second kappa shape index (κ2) is 6.46. The zero-order valence-corrected chi connectivity index (χ0v) is 10.3. The maximum absolute atomic E-state index is 9.74. The fourth-order valence-corrected chi connectivity index (χ4v) is 2.55. The Balaban J connectivity index is 2.24. The summed E-state index contributed by atoms with van der Waals surface area (Å²) in [5.41, 5.74) is 0. The van der Waals surface area contributed by atoms with Crippen LogP contribution in [-0.4, -0.2) is 49.0 Å². The van der Waals surface area contributed by atoms with Crippen molar-refractivity contribution < 1.29 is 9.84 Å². The normalized spacial score (nSPS) is 30.4. The van der Waals surface area contributed by atoms with E-state index in [1.165, 1.54) is 6.42 Å². The second-order valence-electron chi connectivity index (χ2n) is 4.98. The molecular weight excluding hydrogens is 190 g/mol. The number of rotatable bonds is 5. The van der Waals surface area contributed by atoms with Gasteiger partial charge in [-0.25, -0.2) is 0 Å². The van der Waals surface area contributed by atoms with Gasteiger partial charge in [-0.1, -0.05) is 13.8 Å². The van der Waals surface area contributed by atoms with E-state index in [9.17, 15) is 5.11 Å². The summed E-state index contributed by atoms with van der Waals surface area (Å²) in [5, 5.41) is 9.74. The number of piperidine rings is 1. The van der Waals surface area contributed by atoms with E-state index in [4.69, 9.17) is 4.74 Å². The van der Waals surface area contributed by atoms with Crippen LogP contribution in [0.3, 0.4) is 0 Å². The van der Waals surface area contributed by atoms with Crippen LogP contribution < -0.4 is 0 Å². The topological polar surface area (TPSA) is 32.7 Å². The van der Waals surface area contributed by atoms with E-state index < -0.39 is 0 Å². The molecule has 0 bridgehead atoms. The van der Waals surface area contributed by atoms with E-state index >= 15 is 0 Å². The lowest BCUT2D eigenvalue weighted by atomic mass is 9.92. The molecule has 1 aliphatic rings. The summed E-state index contributed by atoms with van der Waals surface area (Å²) in [6.45, 7) is 10.7. The number of aliphatic hydroxyl groups excluding tert-OH is 1. The number of hydrogen-bond donors (Lipinski definition) is 1. The van der Waals surface area contributed by atoms with Crippen LogP contribution in [-0.2, 0) is 4.74 Å². The van der Waals surface area contributed by atoms with Crippen LogP contribution in [0.15, 0.2) is 0 Å². The van der Waals surface area contributed by atoms with Gasteiger partial charge in [-0.15, -0.1) is 0 Å². The van der Waals surface area contributed by atoms with Gasteiger partial charge in [0.15, 0.2) is 0 Å². The Morgan fingerprint density at radius 2 is 1.93 bits per heavy atom. The lowest BCUT2D eigenvalue weighted by Crippen LogP contribution is -2.43. The number of ether oxygens (including phenoxy) is 1. The molecule has 3 atom stereocenters. The molecule has 0 radical (unpaired) electrons. The van der Waals surface area contributed by atoms with E-state index in [1.54, 1.807) is 0 Å². The van der Waals surface area contributed by atoms with Crippen molar-refractivity contribution in [3.63, 3.8) is 0 Å². The smallest absolute Gasteiger partial charge is 0.0900 e. The molecule has 0 saturated carbocycles. The van der Waals surface area contributed by atoms with Crippen molar-refractivity contribution in [3.8, 4) is 0 Å². The van der Waals surface area contributed by atoms with Gasteiger partial charge in [-0.2, -0.15) is 0 Å². The summed E-state index contributed by atoms with van der Waals surface area (Å²) in [6.07, 6.45) is 0.986. The minimum atomic E-state index is -0.331. The molecule has 0 aromatic carbocycles. The van der Waals surface area contributed by atoms with E-state index in [1.807, 2.05) is 6.92 Å². The van der Waals surface area contributed by atoms with Gasteiger partial charge >= 0.3 is 0 Å². The number of aliphatic hydroxyl groups is 1. The van der Waals surface area contributed by atoms with Crippen LogP contribution in [0.25, 0.3) is 0 Å². The third-order valence-corrected chi connectivity index (χ3v) is 2.93. The lowest BCUT2D eigenvalue weighted by molar-refractivity contribution is 0.00824. The molecule has 3 nitrogen and oxygen atoms in total. The largest absolute Gasteiger partial charge is 0.389 e. The Morgan fingerprint density at radius 3 is 2.47 bits per heavy atom. The van der Waals surface area contributed by atoms with Gasteiger partial charge in [-0.3, -0.25) is 0 Å². The Hall–Kier alpha value is -0.120. The van der Waals surface area contributed by atoms with E-state index in [0.717, 1.165) is 31.5 Å². The highest BCUT2D eigenvalue weighted by Gasteiger charge is 2.23. The summed E-state index contributed by atoms with van der Waals surface area (Å²) in [5.74, 6) is 1.51. The first-order valence-corrected chi connectivity index (χ1v) is 6.10. The molecule has 3 unspecified atom stereocenters. The van der Waals surface area contributed by atoms with Crippen LogP contribution in [0.4, 0.5) is 0 Å². The molecule has 1 fully saturated rings. The molecule has 90 valence electrons. The van der Waals surface area contributed by atoms with Crippen molar-refractivity contribution in [1.82, 2.24) is 4.90 Å². The third-order valence-electron chi connectivity index (χ3n) is 2.93. The summed E-state index contributed by atoms with van der Waals surface area (Å²) >= 11 is 0. The average molecular weight is 215 g/mol. The SMILES string of the molecule is CCOCC(O)CN1CC(C)CC(C)C1. The van der Waals surface area contributed by atoms with Gasteiger partial charge in [0.2, 0.25) is 0 Å². The summed E-state index contributed by atoms with van der Waals surface area (Å²) in [7, 11) is 0. The molecule has 15 heavy (non-hydrogen) atoms. The Kier molecular flexibility index (Phi) is 5.58. The van der Waals surface area contributed by atoms with E-state index in [2.05, 4.69) is 18.7 Å². The van der Waals surface area contributed by atoms with Gasteiger partial charge in [0.05, 0.1) is 12.7 Å². The maximum Gasteiger partial charge on any atom is 0.0900 e. The molecule has 0 aromatic rings. The van der Waals surface area contributed by atoms with Crippen LogP contribution in [0.1, 0.15) is 27.2 Å². The molecule has 1 aliphatic heterocycles. The van der Waals surface area contributed by atoms with Gasteiger partial charge < -0.3 is 14.7 Å². The zero-order valence-electron chi connectivity index (χ0n) is 10.3. The van der Waals surface area contributed by atoms with Crippen molar-refractivity contribution in [3.05, 3.63) is 0 Å². The van der Waals surface area contributed by atoms with Crippen molar-refractivity contribution >= 4 is 0 Å². The summed E-state index contributed by atoms with van der Waals surface area (Å²) in [6, 6.07) is 0. The molecule has 0 spiro atoms. The predicted molar refractivity (Wildman–Crippen MR) is 61.9 cm³/mol. The molecular formula is C12H25NO2. The average Bonchev–Trinajstić information content (AvgIpc) is 2.13. The molecule has 1 rings (SSSR count). The van der Waals surface area contributed by atoms with E-state index in [0.29, 0.717) is 13.2 Å². The molecule has 0 aromatic heterocycles. The Morgan fingerprint density at radius 1 is 1.33 bits per heavy atom. The monoisotopic (exact) mass is 215 g/mol. The molecule has 3 heteroatoms. The fraction of sp³-hybridized carbons (Fsp3) is 1.00. The predicted octanol–water partition coefficient (Wildman–Crippen LogP) is 1.36. The van der Waals surface area contributed by atoms with Crippen molar-refractivity contribution in [2.45, 2.75) is 33.3 Å². The number of hydrogen-bond acceptors (Lipinski definition) is 3. The number of likely N-dealkylation sites (tertiary alicyclic amines) is 1. The summed E-state index contributed by atoms with van der Waals surface area (Å²) in [4.78, 5) is 2.36. The fourth-order valence-electron chi connectivity index (χ4n) is 2.55. The van der Waals surface area contributed by atoms with E-state index in [-0.39, 0.29) is 6.10 Å². The number of nitrogens with zero attached hydrogens (tertiary/aromatic N) is 1. The first-order chi connectivity index (χ1) is 7.11. The van der Waals surface area contributed by atoms with Crippen LogP contribution in [0.2, 0.25) is 0 Å². The first-order valence-electron chi connectivity index (χ1n) is 6.10. The molecule has 0 amide bonds. The Bertz CT molecular complexity index is 165. The van der Waals surface area contributed by atoms with Crippen molar-refractivity contribution in [2.24, 2.45) is 11.8 Å². The molecule has 1 N–H and O–H groups in total. The molecule has 0 aliphatic carbocycles. The minimum Gasteiger partial charge on any atom is -0.389 e. The van der Waals surface area contributed by atoms with Crippen LogP contribution in [0.5, 0.6) is 0 Å². The van der Waals surface area contributed by atoms with Crippen LogP contribution in [0, 0.1) is 11.8 Å². The molecule has 1 heterocycles. The summed E-state index contributed by atoms with van der Waals surface area (Å²) < 4.78 is 5.21. The van der Waals surface area contributed by atoms with Gasteiger partial charge in [0, 0.05) is 26.2 Å². The van der Waals surface area contributed by atoms with Gasteiger partial charge in [0.25, 0.3) is 0 Å². The van der Waals surface area contributed by atoms with Crippen LogP contribution >= 0.6 is 0 Å². The minimum absolute atomic E-state index is 0.331. The standard InChI is InChI=1S/C12H25NO2/c1-4-15-9-12(14)8-13-6-10(2)5-11(3)7-13/h10-12,14H,4-9H2,1-3H3. The lowest BCUT2D eigenvalue weighted by Gasteiger charge is -2.35. The Labute approximate surface area is 93.4 Å². The van der Waals surface area contributed by atoms with Crippen molar-refractivity contribution in [2.75, 3.05) is 32.8 Å². The molecule has 1 saturated heterocycles.